The Bertz CT molecular complexity index is 828. The number of azide groups is 1. The molecule has 1 aromatic carbocycles. The van der Waals surface area contributed by atoms with E-state index in [0.717, 1.165) is 18.4 Å². The second-order valence-corrected chi connectivity index (χ2v) is 12.2. The van der Waals surface area contributed by atoms with E-state index in [1.807, 2.05) is 38.1 Å². The van der Waals surface area contributed by atoms with Gasteiger partial charge in [-0.25, -0.2) is 0 Å². The third kappa shape index (κ3) is 9.68. The van der Waals surface area contributed by atoms with Gasteiger partial charge in [0.15, 0.2) is 5.72 Å². The molecular formula is C21H38N4O7P2. The largest absolute Gasteiger partial charge is 0.481 e. The third-order valence-corrected chi connectivity index (χ3v) is 9.03. The van der Waals surface area contributed by atoms with Gasteiger partial charge in [0.1, 0.15) is 18.3 Å². The molecule has 0 atom stereocenters. The molecule has 0 fully saturated rings. The topological polar surface area (TPSA) is 132 Å². The fourth-order valence-corrected chi connectivity index (χ4v) is 5.88. The highest BCUT2D eigenvalue weighted by Crippen LogP contribution is 2.51. The summed E-state index contributed by atoms with van der Waals surface area (Å²) in [6, 6.07) is 7.48. The van der Waals surface area contributed by atoms with Gasteiger partial charge in [0.05, 0.1) is 0 Å². The predicted molar refractivity (Wildman–Crippen MR) is 132 cm³/mol. The number of hydrogen-bond donors (Lipinski definition) is 0. The summed E-state index contributed by atoms with van der Waals surface area (Å²) in [4.78, 5) is 4.68. The van der Waals surface area contributed by atoms with Gasteiger partial charge in [-0.3, -0.25) is 14.0 Å². The Kier molecular flexibility index (Phi) is 13.4. The van der Waals surface area contributed by atoms with Crippen molar-refractivity contribution in [2.45, 2.75) is 51.7 Å². The van der Waals surface area contributed by atoms with Crippen molar-refractivity contribution in [1.29, 1.82) is 0 Å². The van der Waals surface area contributed by atoms with Crippen LogP contribution in [0.4, 0.5) is 0 Å². The quantitative estimate of drug-likeness (QED) is 0.0939. The summed E-state index contributed by atoms with van der Waals surface area (Å²) < 4.78 is 51.6. The van der Waals surface area contributed by atoms with E-state index in [-0.39, 0.29) is 12.6 Å². The van der Waals surface area contributed by atoms with E-state index >= 15 is 0 Å². The van der Waals surface area contributed by atoms with Gasteiger partial charge in [0.2, 0.25) is 0 Å². The Morgan fingerprint density at radius 2 is 1.38 bits per heavy atom. The van der Waals surface area contributed by atoms with Crippen molar-refractivity contribution in [3.05, 3.63) is 40.3 Å². The maximum absolute atomic E-state index is 12.7. The summed E-state index contributed by atoms with van der Waals surface area (Å²) in [5.74, 6) is 0.612. The van der Waals surface area contributed by atoms with Crippen LogP contribution in [0.1, 0.15) is 45.1 Å². The van der Waals surface area contributed by atoms with E-state index in [9.17, 15) is 9.13 Å². The molecule has 0 saturated carbocycles. The van der Waals surface area contributed by atoms with Crippen LogP contribution in [0.5, 0.6) is 5.75 Å². The predicted octanol–water partition coefficient (Wildman–Crippen LogP) is 6.40. The molecule has 0 radical (unpaired) electrons. The standard InChI is InChI=1S/C21H38N4O7P2/c1-7-14-21(15-8-2,23-24-22)32-20-11-9-19(10-12-20)13-16-25(17-33(26,28-3)29-4)18-34(27,30-5)31-6/h9-12H,7-8,13-18H2,1-6H3. The number of nitrogens with zero attached hydrogens (tertiary/aromatic N) is 4. The van der Waals surface area contributed by atoms with Crippen LogP contribution in [0, 0.1) is 0 Å². The maximum atomic E-state index is 12.7. The highest BCUT2D eigenvalue weighted by atomic mass is 31.2. The molecule has 0 aliphatic carbocycles. The van der Waals surface area contributed by atoms with Crippen LogP contribution >= 0.6 is 15.2 Å². The van der Waals surface area contributed by atoms with E-state index < -0.39 is 20.9 Å². The molecule has 0 N–H and O–H groups in total. The molecule has 13 heteroatoms. The molecule has 1 rings (SSSR count). The van der Waals surface area contributed by atoms with E-state index in [1.54, 1.807) is 4.90 Å². The first kappa shape index (κ1) is 30.6. The third-order valence-electron chi connectivity index (χ3n) is 5.32. The lowest BCUT2D eigenvalue weighted by atomic mass is 10.0. The number of hydrogen-bond acceptors (Lipinski definition) is 9. The summed E-state index contributed by atoms with van der Waals surface area (Å²) in [7, 11) is -1.54. The minimum atomic E-state index is -3.38. The van der Waals surface area contributed by atoms with Gasteiger partial charge in [0.25, 0.3) is 0 Å². The molecule has 0 amide bonds. The molecular weight excluding hydrogens is 482 g/mol. The Morgan fingerprint density at radius 1 is 0.912 bits per heavy atom. The highest BCUT2D eigenvalue weighted by molar-refractivity contribution is 7.54. The molecule has 34 heavy (non-hydrogen) atoms. The van der Waals surface area contributed by atoms with Gasteiger partial charge >= 0.3 is 15.2 Å². The van der Waals surface area contributed by atoms with Crippen molar-refractivity contribution < 1.29 is 32.0 Å². The Hall–Kier alpha value is -1.41. The van der Waals surface area contributed by atoms with Gasteiger partial charge in [0, 0.05) is 39.9 Å². The number of rotatable bonds is 18. The summed E-state index contributed by atoms with van der Waals surface area (Å²) in [6.07, 6.45) is 3.33. The fourth-order valence-electron chi connectivity index (χ4n) is 3.50. The van der Waals surface area contributed by atoms with Crippen molar-refractivity contribution in [3.8, 4) is 5.75 Å². The highest BCUT2D eigenvalue weighted by Gasteiger charge is 2.32. The van der Waals surface area contributed by atoms with Crippen LogP contribution in [-0.4, -0.2) is 58.2 Å². The Labute approximate surface area is 202 Å². The van der Waals surface area contributed by atoms with E-state index in [2.05, 4.69) is 10.0 Å². The van der Waals surface area contributed by atoms with Crippen molar-refractivity contribution >= 4 is 15.2 Å². The molecule has 0 heterocycles. The van der Waals surface area contributed by atoms with Crippen LogP contribution in [-0.2, 0) is 33.6 Å². The molecule has 0 unspecified atom stereocenters. The van der Waals surface area contributed by atoms with Crippen LogP contribution < -0.4 is 4.74 Å². The van der Waals surface area contributed by atoms with Crippen molar-refractivity contribution in [3.63, 3.8) is 0 Å². The second kappa shape index (κ2) is 14.9. The Balaban J connectivity index is 2.98. The summed E-state index contributed by atoms with van der Waals surface area (Å²) in [5, 5.41) is 3.96. The SMILES string of the molecule is CCCC(CCC)(N=[N+]=[N-])Oc1ccc(CCN(CP(=O)(OC)OC)CP(=O)(OC)OC)cc1. The monoisotopic (exact) mass is 520 g/mol. The molecule has 0 bridgehead atoms. The van der Waals surface area contributed by atoms with Gasteiger partial charge in [-0.2, -0.15) is 0 Å². The van der Waals surface area contributed by atoms with Crippen molar-refractivity contribution in [2.24, 2.45) is 5.11 Å². The lowest BCUT2D eigenvalue weighted by Crippen LogP contribution is -2.33. The molecule has 194 valence electrons. The van der Waals surface area contributed by atoms with Crippen molar-refractivity contribution in [1.82, 2.24) is 4.90 Å². The first-order valence-corrected chi connectivity index (χ1v) is 14.6. The molecule has 1 aromatic rings. The maximum Gasteiger partial charge on any atom is 0.344 e. The summed E-state index contributed by atoms with van der Waals surface area (Å²) in [5.41, 5.74) is 9.11. The van der Waals surface area contributed by atoms with Gasteiger partial charge < -0.3 is 22.8 Å². The molecule has 0 aliphatic heterocycles. The zero-order chi connectivity index (χ0) is 25.7. The van der Waals surface area contributed by atoms with Crippen molar-refractivity contribution in [2.75, 3.05) is 47.6 Å². The van der Waals surface area contributed by atoms with Crippen LogP contribution in [0.15, 0.2) is 29.4 Å². The van der Waals surface area contributed by atoms with Gasteiger partial charge in [-0.15, -0.1) is 0 Å². The lowest BCUT2D eigenvalue weighted by molar-refractivity contribution is 0.0556. The normalized spacial score (nSPS) is 12.6. The molecule has 0 spiro atoms. The molecule has 0 saturated heterocycles. The molecule has 0 aromatic heterocycles. The van der Waals surface area contributed by atoms with Gasteiger partial charge in [-0.1, -0.05) is 38.8 Å². The molecule has 0 aliphatic rings. The minimum absolute atomic E-state index is 0.0688. The summed E-state index contributed by atoms with van der Waals surface area (Å²) in [6.45, 7) is 4.45. The van der Waals surface area contributed by atoms with Crippen LogP contribution in [0.3, 0.4) is 0 Å². The first-order valence-electron chi connectivity index (χ1n) is 11.1. The van der Waals surface area contributed by atoms with Crippen LogP contribution in [0.2, 0.25) is 0 Å². The van der Waals surface area contributed by atoms with Gasteiger partial charge in [-0.05, 0) is 47.6 Å². The average molecular weight is 521 g/mol. The summed E-state index contributed by atoms with van der Waals surface area (Å²) >= 11 is 0. The first-order chi connectivity index (χ1) is 16.2. The zero-order valence-corrected chi connectivity index (χ0v) is 22.8. The second-order valence-electron chi connectivity index (χ2n) is 7.76. The smallest absolute Gasteiger partial charge is 0.344 e. The number of benzene rings is 1. The zero-order valence-electron chi connectivity index (χ0n) is 21.0. The molecule has 11 nitrogen and oxygen atoms in total. The van der Waals surface area contributed by atoms with Crippen LogP contribution in [0.25, 0.3) is 10.4 Å². The Morgan fingerprint density at radius 3 is 1.76 bits per heavy atom. The minimum Gasteiger partial charge on any atom is -0.481 e. The van der Waals surface area contributed by atoms with E-state index in [0.29, 0.717) is 31.6 Å². The fraction of sp³-hybridized carbons (Fsp3) is 0.714. The number of ether oxygens (including phenoxy) is 1. The van der Waals surface area contributed by atoms with E-state index in [4.69, 9.17) is 28.4 Å². The lowest BCUT2D eigenvalue weighted by Gasteiger charge is -2.29. The van der Waals surface area contributed by atoms with E-state index in [1.165, 1.54) is 28.4 Å². The average Bonchev–Trinajstić information content (AvgIpc) is 2.83.